The monoisotopic (exact) mass is 392 g/mol. The number of carbonyl (C=O) groups excluding carboxylic acids is 1. The summed E-state index contributed by atoms with van der Waals surface area (Å²) in [6.07, 6.45) is 3.95. The van der Waals surface area contributed by atoms with Gasteiger partial charge < -0.3 is 14.5 Å². The van der Waals surface area contributed by atoms with Crippen molar-refractivity contribution in [2.75, 3.05) is 38.2 Å². The fourth-order valence-corrected chi connectivity index (χ4v) is 3.54. The molecule has 0 N–H and O–H groups in total. The molecule has 1 amide bonds. The minimum Gasteiger partial charge on any atom is -0.496 e. The summed E-state index contributed by atoms with van der Waals surface area (Å²) in [5.41, 5.74) is 2.05. The van der Waals surface area contributed by atoms with Crippen molar-refractivity contribution in [2.24, 2.45) is 0 Å². The van der Waals surface area contributed by atoms with Crippen LogP contribution >= 0.6 is 0 Å². The van der Waals surface area contributed by atoms with E-state index in [2.05, 4.69) is 20.2 Å². The van der Waals surface area contributed by atoms with Gasteiger partial charge in [0.15, 0.2) is 11.6 Å². The SMILES string of the molecule is COc1ccc(CC(=O)N2CCN(c3ccc(-n4cccn4)nn3)CC2)cc1C. The Labute approximate surface area is 169 Å². The van der Waals surface area contributed by atoms with Gasteiger partial charge in [-0.2, -0.15) is 5.10 Å². The van der Waals surface area contributed by atoms with Gasteiger partial charge in [-0.15, -0.1) is 10.2 Å². The standard InChI is InChI=1S/C21H24N6O2/c1-16-14-17(4-5-18(16)29-2)15-21(28)26-12-10-25(11-13-26)19-6-7-20(24-23-19)27-9-3-8-22-27/h3-9,14H,10-13,15H2,1-2H3. The highest BCUT2D eigenvalue weighted by Crippen LogP contribution is 2.20. The van der Waals surface area contributed by atoms with Gasteiger partial charge in [0.25, 0.3) is 0 Å². The van der Waals surface area contributed by atoms with Gasteiger partial charge >= 0.3 is 0 Å². The van der Waals surface area contributed by atoms with Crippen LogP contribution in [0.25, 0.3) is 5.82 Å². The molecule has 0 aliphatic carbocycles. The third kappa shape index (κ3) is 4.21. The number of amides is 1. The second-order valence-electron chi connectivity index (χ2n) is 7.05. The molecule has 1 aliphatic heterocycles. The average molecular weight is 392 g/mol. The van der Waals surface area contributed by atoms with Crippen LogP contribution in [0.2, 0.25) is 0 Å². The molecule has 3 aromatic rings. The highest BCUT2D eigenvalue weighted by Gasteiger charge is 2.22. The molecule has 0 saturated carbocycles. The summed E-state index contributed by atoms with van der Waals surface area (Å²) in [5, 5.41) is 12.7. The predicted octanol–water partition coefficient (Wildman–Crippen LogP) is 1.87. The van der Waals surface area contributed by atoms with Crippen LogP contribution in [0.1, 0.15) is 11.1 Å². The average Bonchev–Trinajstić information content (AvgIpc) is 3.29. The maximum absolute atomic E-state index is 12.7. The van der Waals surface area contributed by atoms with Crippen molar-refractivity contribution in [1.82, 2.24) is 24.9 Å². The molecule has 8 heteroatoms. The van der Waals surface area contributed by atoms with Crippen LogP contribution in [0.5, 0.6) is 5.75 Å². The van der Waals surface area contributed by atoms with Crippen LogP contribution in [0.3, 0.4) is 0 Å². The lowest BCUT2D eigenvalue weighted by molar-refractivity contribution is -0.130. The van der Waals surface area contributed by atoms with Crippen molar-refractivity contribution in [2.45, 2.75) is 13.3 Å². The second-order valence-corrected chi connectivity index (χ2v) is 7.05. The number of aromatic nitrogens is 4. The number of hydrogen-bond acceptors (Lipinski definition) is 6. The molecule has 2 aromatic heterocycles. The van der Waals surface area contributed by atoms with E-state index in [9.17, 15) is 4.79 Å². The van der Waals surface area contributed by atoms with E-state index in [1.54, 1.807) is 18.0 Å². The Morgan fingerprint density at radius 3 is 2.45 bits per heavy atom. The number of benzene rings is 1. The summed E-state index contributed by atoms with van der Waals surface area (Å²) in [4.78, 5) is 16.8. The van der Waals surface area contributed by atoms with E-state index < -0.39 is 0 Å². The van der Waals surface area contributed by atoms with Gasteiger partial charge in [-0.3, -0.25) is 4.79 Å². The van der Waals surface area contributed by atoms with Gasteiger partial charge in [0.1, 0.15) is 5.75 Å². The van der Waals surface area contributed by atoms with Gasteiger partial charge in [-0.1, -0.05) is 12.1 Å². The van der Waals surface area contributed by atoms with Crippen LogP contribution in [-0.4, -0.2) is 64.1 Å². The van der Waals surface area contributed by atoms with E-state index in [1.165, 1.54) is 0 Å². The topological polar surface area (TPSA) is 76.4 Å². The Morgan fingerprint density at radius 1 is 1.07 bits per heavy atom. The molecule has 0 atom stereocenters. The first-order valence-electron chi connectivity index (χ1n) is 9.64. The van der Waals surface area contributed by atoms with Gasteiger partial charge in [0.05, 0.1) is 13.5 Å². The maximum Gasteiger partial charge on any atom is 0.227 e. The second kappa shape index (κ2) is 8.30. The van der Waals surface area contributed by atoms with Crippen molar-refractivity contribution in [3.63, 3.8) is 0 Å². The number of carbonyl (C=O) groups is 1. The number of anilines is 1. The number of ether oxygens (including phenoxy) is 1. The maximum atomic E-state index is 12.7. The number of rotatable bonds is 5. The Balaban J connectivity index is 1.33. The Bertz CT molecular complexity index is 963. The molecular weight excluding hydrogens is 368 g/mol. The summed E-state index contributed by atoms with van der Waals surface area (Å²) in [6, 6.07) is 11.6. The lowest BCUT2D eigenvalue weighted by Gasteiger charge is -2.35. The normalized spacial score (nSPS) is 14.1. The van der Waals surface area contributed by atoms with E-state index in [0.717, 1.165) is 35.8 Å². The minimum absolute atomic E-state index is 0.148. The van der Waals surface area contributed by atoms with Crippen molar-refractivity contribution in [1.29, 1.82) is 0 Å². The fourth-order valence-electron chi connectivity index (χ4n) is 3.54. The first-order valence-corrected chi connectivity index (χ1v) is 9.64. The number of hydrogen-bond donors (Lipinski definition) is 0. The van der Waals surface area contributed by atoms with Gasteiger partial charge in [0, 0.05) is 38.6 Å². The molecule has 0 bridgehead atoms. The highest BCUT2D eigenvalue weighted by molar-refractivity contribution is 5.79. The van der Waals surface area contributed by atoms with E-state index >= 15 is 0 Å². The van der Waals surface area contributed by atoms with Gasteiger partial charge in [0.2, 0.25) is 5.91 Å². The first-order chi connectivity index (χ1) is 14.1. The molecule has 1 saturated heterocycles. The fraction of sp³-hybridized carbons (Fsp3) is 0.333. The van der Waals surface area contributed by atoms with Crippen LogP contribution in [0, 0.1) is 6.92 Å². The summed E-state index contributed by atoms with van der Waals surface area (Å²) < 4.78 is 6.96. The number of methoxy groups -OCH3 is 1. The molecule has 1 aliphatic rings. The lowest BCUT2D eigenvalue weighted by Crippen LogP contribution is -2.49. The Morgan fingerprint density at radius 2 is 1.83 bits per heavy atom. The van der Waals surface area contributed by atoms with Gasteiger partial charge in [-0.25, -0.2) is 4.68 Å². The number of piperazine rings is 1. The summed E-state index contributed by atoms with van der Waals surface area (Å²) in [7, 11) is 1.65. The summed E-state index contributed by atoms with van der Waals surface area (Å²) in [5.74, 6) is 2.49. The Hall–Kier alpha value is -3.42. The van der Waals surface area contributed by atoms with Crippen LogP contribution in [-0.2, 0) is 11.2 Å². The zero-order valence-electron chi connectivity index (χ0n) is 16.7. The zero-order valence-corrected chi connectivity index (χ0v) is 16.7. The van der Waals surface area contributed by atoms with Gasteiger partial charge in [-0.05, 0) is 42.3 Å². The zero-order chi connectivity index (χ0) is 20.2. The first kappa shape index (κ1) is 18.9. The highest BCUT2D eigenvalue weighted by atomic mass is 16.5. The Kier molecular flexibility index (Phi) is 5.41. The van der Waals surface area contributed by atoms with Crippen molar-refractivity contribution >= 4 is 11.7 Å². The molecular formula is C21H24N6O2. The van der Waals surface area contributed by atoms with E-state index in [4.69, 9.17) is 4.74 Å². The lowest BCUT2D eigenvalue weighted by atomic mass is 10.1. The van der Waals surface area contributed by atoms with Crippen LogP contribution in [0.4, 0.5) is 5.82 Å². The van der Waals surface area contributed by atoms with Crippen LogP contribution in [0.15, 0.2) is 48.8 Å². The predicted molar refractivity (Wildman–Crippen MR) is 109 cm³/mol. The summed E-state index contributed by atoms with van der Waals surface area (Å²) in [6.45, 7) is 4.82. The number of aryl methyl sites for hydroxylation is 1. The molecule has 1 fully saturated rings. The molecule has 3 heterocycles. The van der Waals surface area contributed by atoms with Crippen LogP contribution < -0.4 is 9.64 Å². The van der Waals surface area contributed by atoms with Crippen molar-refractivity contribution < 1.29 is 9.53 Å². The molecule has 0 radical (unpaired) electrons. The third-order valence-electron chi connectivity index (χ3n) is 5.15. The van der Waals surface area contributed by atoms with Crippen molar-refractivity contribution in [3.05, 3.63) is 59.9 Å². The molecule has 8 nitrogen and oxygen atoms in total. The largest absolute Gasteiger partial charge is 0.496 e. The van der Waals surface area contributed by atoms with E-state index in [0.29, 0.717) is 25.3 Å². The molecule has 150 valence electrons. The van der Waals surface area contributed by atoms with E-state index in [-0.39, 0.29) is 5.91 Å². The molecule has 1 aromatic carbocycles. The van der Waals surface area contributed by atoms with Crippen molar-refractivity contribution in [3.8, 4) is 11.6 Å². The molecule has 4 rings (SSSR count). The van der Waals surface area contributed by atoms with E-state index in [1.807, 2.05) is 54.4 Å². The molecule has 29 heavy (non-hydrogen) atoms. The molecule has 0 unspecified atom stereocenters. The third-order valence-corrected chi connectivity index (χ3v) is 5.15. The quantitative estimate of drug-likeness (QED) is 0.660. The summed E-state index contributed by atoms with van der Waals surface area (Å²) >= 11 is 0. The smallest absolute Gasteiger partial charge is 0.227 e. The number of nitrogens with zero attached hydrogens (tertiary/aromatic N) is 6. The minimum atomic E-state index is 0.148. The molecule has 0 spiro atoms.